The van der Waals surface area contributed by atoms with Crippen LogP contribution in [0.1, 0.15) is 33.5 Å². The third-order valence-electron chi connectivity index (χ3n) is 5.81. The van der Waals surface area contributed by atoms with E-state index in [-0.39, 0.29) is 29.1 Å². The average molecular weight is 432 g/mol. The smallest absolute Gasteiger partial charge is 0.373 e. The lowest BCUT2D eigenvalue weighted by atomic mass is 9.99. The van der Waals surface area contributed by atoms with E-state index in [2.05, 4.69) is 34.0 Å². The van der Waals surface area contributed by atoms with Gasteiger partial charge in [-0.1, -0.05) is 30.3 Å². The zero-order valence-corrected chi connectivity index (χ0v) is 18.1. The molecule has 0 saturated carbocycles. The number of nitrogens with zero attached hydrogens (tertiary/aromatic N) is 3. The molecule has 166 valence electrons. The van der Waals surface area contributed by atoms with E-state index in [0.717, 1.165) is 23.9 Å². The lowest BCUT2D eigenvalue weighted by molar-refractivity contribution is -0.144. The average Bonchev–Trinajstić information content (AvgIpc) is 2.70. The van der Waals surface area contributed by atoms with Crippen LogP contribution in [-0.4, -0.2) is 52.2 Å². The second-order valence-electron chi connectivity index (χ2n) is 8.90. The number of hydrogen-bond donors (Lipinski definition) is 1. The monoisotopic (exact) mass is 432 g/mol. The van der Waals surface area contributed by atoms with Gasteiger partial charge in [0.05, 0.1) is 23.1 Å². The van der Waals surface area contributed by atoms with Crippen molar-refractivity contribution in [3.05, 3.63) is 42.2 Å². The molecule has 2 heterocycles. The summed E-state index contributed by atoms with van der Waals surface area (Å²) in [6.07, 6.45) is -4.42. The van der Waals surface area contributed by atoms with Crippen molar-refractivity contribution in [3.63, 3.8) is 0 Å². The van der Waals surface area contributed by atoms with Crippen LogP contribution in [0.25, 0.3) is 21.7 Å². The highest BCUT2D eigenvalue weighted by Gasteiger charge is 2.37. The van der Waals surface area contributed by atoms with Gasteiger partial charge < -0.3 is 10.1 Å². The van der Waals surface area contributed by atoms with Crippen LogP contribution in [0.2, 0.25) is 0 Å². The standard InChI is InChI=1S/C23H27F3N4O/c1-14-11-30(12-15(2)31-14)22(3,4)13-27-20-19-17-8-6-5-7-16(17)9-10-18(19)28-21(29-20)23(24,25)26/h5-10,14-15H,11-13H2,1-4H3,(H,27,28,29)/t14-,15-/m0/s1. The summed E-state index contributed by atoms with van der Waals surface area (Å²) in [5.74, 6) is -0.930. The van der Waals surface area contributed by atoms with Crippen molar-refractivity contribution in [1.29, 1.82) is 0 Å². The molecule has 0 unspecified atom stereocenters. The molecule has 1 aliphatic rings. The maximum absolute atomic E-state index is 13.5. The van der Waals surface area contributed by atoms with Crippen molar-refractivity contribution in [2.75, 3.05) is 25.0 Å². The fourth-order valence-electron chi connectivity index (χ4n) is 4.24. The first-order chi connectivity index (χ1) is 14.5. The van der Waals surface area contributed by atoms with Gasteiger partial charge in [-0.15, -0.1) is 0 Å². The van der Waals surface area contributed by atoms with Crippen LogP contribution in [0, 0.1) is 0 Å². The third kappa shape index (κ3) is 4.45. The molecule has 0 aliphatic carbocycles. The number of morpholine rings is 1. The molecule has 5 nitrogen and oxygen atoms in total. The van der Waals surface area contributed by atoms with Crippen molar-refractivity contribution in [3.8, 4) is 0 Å². The summed E-state index contributed by atoms with van der Waals surface area (Å²) in [7, 11) is 0. The quantitative estimate of drug-likeness (QED) is 0.581. The van der Waals surface area contributed by atoms with E-state index in [1.165, 1.54) is 0 Å². The molecular formula is C23H27F3N4O. The van der Waals surface area contributed by atoms with Crippen LogP contribution >= 0.6 is 0 Å². The van der Waals surface area contributed by atoms with Gasteiger partial charge in [-0.3, -0.25) is 4.90 Å². The zero-order valence-electron chi connectivity index (χ0n) is 18.1. The molecule has 8 heteroatoms. The summed E-state index contributed by atoms with van der Waals surface area (Å²) in [6.45, 7) is 10.2. The minimum Gasteiger partial charge on any atom is -0.373 e. The largest absolute Gasteiger partial charge is 0.451 e. The van der Waals surface area contributed by atoms with Crippen LogP contribution < -0.4 is 5.32 Å². The predicted molar refractivity (Wildman–Crippen MR) is 116 cm³/mol. The number of ether oxygens (including phenoxy) is 1. The third-order valence-corrected chi connectivity index (χ3v) is 5.81. The lowest BCUT2D eigenvalue weighted by Crippen LogP contribution is -2.57. The molecule has 0 radical (unpaired) electrons. The second-order valence-corrected chi connectivity index (χ2v) is 8.90. The molecule has 0 bridgehead atoms. The predicted octanol–water partition coefficient (Wildman–Crippen LogP) is 5.10. The fourth-order valence-corrected chi connectivity index (χ4v) is 4.24. The molecule has 4 rings (SSSR count). The normalized spacial score (nSPS) is 21.0. The molecule has 1 aromatic heterocycles. The molecule has 1 fully saturated rings. The van der Waals surface area contributed by atoms with E-state index in [0.29, 0.717) is 11.9 Å². The van der Waals surface area contributed by atoms with Crippen molar-refractivity contribution >= 4 is 27.5 Å². The minimum atomic E-state index is -4.62. The molecule has 1 saturated heterocycles. The molecule has 31 heavy (non-hydrogen) atoms. The Morgan fingerprint density at radius 1 is 1.03 bits per heavy atom. The van der Waals surface area contributed by atoms with Gasteiger partial charge in [-0.05, 0) is 44.5 Å². The lowest BCUT2D eigenvalue weighted by Gasteiger charge is -2.45. The molecule has 1 N–H and O–H groups in total. The second kappa shape index (κ2) is 7.91. The van der Waals surface area contributed by atoms with Crippen molar-refractivity contribution in [2.45, 2.75) is 51.6 Å². The van der Waals surface area contributed by atoms with Gasteiger partial charge in [-0.2, -0.15) is 13.2 Å². The Hall–Kier alpha value is -2.45. The molecular weight excluding hydrogens is 405 g/mol. The molecule has 0 amide bonds. The molecule has 3 aromatic rings. The first-order valence-electron chi connectivity index (χ1n) is 10.5. The van der Waals surface area contributed by atoms with Crippen molar-refractivity contribution in [2.24, 2.45) is 0 Å². The Balaban J connectivity index is 1.74. The SMILES string of the molecule is C[C@H]1CN(C(C)(C)CNc2nc(C(F)(F)F)nc3ccc4ccccc4c23)C[C@H](C)O1. The van der Waals surface area contributed by atoms with Gasteiger partial charge in [0.25, 0.3) is 0 Å². The summed E-state index contributed by atoms with van der Waals surface area (Å²) in [6, 6.07) is 11.0. The number of alkyl halides is 3. The summed E-state index contributed by atoms with van der Waals surface area (Å²) in [5.41, 5.74) is -0.0398. The van der Waals surface area contributed by atoms with E-state index >= 15 is 0 Å². The van der Waals surface area contributed by atoms with Crippen LogP contribution in [0.15, 0.2) is 36.4 Å². The maximum atomic E-state index is 13.5. The van der Waals surface area contributed by atoms with Crippen LogP contribution in [0.3, 0.4) is 0 Å². The Morgan fingerprint density at radius 3 is 2.39 bits per heavy atom. The van der Waals surface area contributed by atoms with E-state index in [4.69, 9.17) is 4.74 Å². The van der Waals surface area contributed by atoms with Gasteiger partial charge in [0.15, 0.2) is 0 Å². The van der Waals surface area contributed by atoms with Gasteiger partial charge in [0.2, 0.25) is 5.82 Å². The maximum Gasteiger partial charge on any atom is 0.451 e. The van der Waals surface area contributed by atoms with E-state index in [9.17, 15) is 13.2 Å². The minimum absolute atomic E-state index is 0.101. The highest BCUT2D eigenvalue weighted by molar-refractivity contribution is 6.11. The summed E-state index contributed by atoms with van der Waals surface area (Å²) in [4.78, 5) is 10.0. The summed E-state index contributed by atoms with van der Waals surface area (Å²) in [5, 5.41) is 5.58. The Bertz CT molecular complexity index is 1090. The molecule has 2 aromatic carbocycles. The van der Waals surface area contributed by atoms with Gasteiger partial charge >= 0.3 is 6.18 Å². The molecule has 2 atom stereocenters. The number of fused-ring (bicyclic) bond motifs is 3. The number of hydrogen-bond acceptors (Lipinski definition) is 5. The van der Waals surface area contributed by atoms with E-state index < -0.39 is 12.0 Å². The summed E-state index contributed by atoms with van der Waals surface area (Å²) >= 11 is 0. The van der Waals surface area contributed by atoms with Gasteiger partial charge in [-0.25, -0.2) is 9.97 Å². The number of halogens is 3. The van der Waals surface area contributed by atoms with Crippen molar-refractivity contribution < 1.29 is 17.9 Å². The highest BCUT2D eigenvalue weighted by Crippen LogP contribution is 2.34. The van der Waals surface area contributed by atoms with Crippen LogP contribution in [0.5, 0.6) is 0 Å². The summed E-state index contributed by atoms with van der Waals surface area (Å²) < 4.78 is 46.3. The molecule has 0 spiro atoms. The Labute approximate surface area is 179 Å². The first-order valence-corrected chi connectivity index (χ1v) is 10.5. The molecule has 1 aliphatic heterocycles. The topological polar surface area (TPSA) is 50.3 Å². The van der Waals surface area contributed by atoms with Gasteiger partial charge in [0.1, 0.15) is 5.82 Å². The van der Waals surface area contributed by atoms with Crippen molar-refractivity contribution in [1.82, 2.24) is 14.9 Å². The highest BCUT2D eigenvalue weighted by atomic mass is 19.4. The zero-order chi connectivity index (χ0) is 22.4. The number of nitrogens with one attached hydrogen (secondary N) is 1. The number of aromatic nitrogens is 2. The number of rotatable bonds is 4. The van der Waals surface area contributed by atoms with Crippen LogP contribution in [0.4, 0.5) is 19.0 Å². The first kappa shape index (κ1) is 21.8. The fraction of sp³-hybridized carbons (Fsp3) is 0.478. The van der Waals surface area contributed by atoms with Crippen LogP contribution in [-0.2, 0) is 10.9 Å². The Kier molecular flexibility index (Phi) is 5.55. The number of anilines is 1. The van der Waals surface area contributed by atoms with Gasteiger partial charge in [0, 0.05) is 25.2 Å². The number of benzene rings is 2. The Morgan fingerprint density at radius 2 is 1.71 bits per heavy atom. The van der Waals surface area contributed by atoms with E-state index in [1.54, 1.807) is 12.1 Å². The van der Waals surface area contributed by atoms with E-state index in [1.807, 2.05) is 38.1 Å².